The maximum absolute atomic E-state index is 13.5. The fraction of sp³-hybridized carbons (Fsp3) is 0.0417. The van der Waals surface area contributed by atoms with Gasteiger partial charge in [0.2, 0.25) is 4.80 Å². The van der Waals surface area contributed by atoms with E-state index in [-0.39, 0.29) is 11.2 Å². The second kappa shape index (κ2) is 8.16. The Bertz CT molecular complexity index is 1510. The van der Waals surface area contributed by atoms with Crippen LogP contribution in [-0.2, 0) is 0 Å². The first-order chi connectivity index (χ1) is 15.6. The summed E-state index contributed by atoms with van der Waals surface area (Å²) in [6, 6.07) is 25.1. The zero-order valence-corrected chi connectivity index (χ0v) is 17.5. The van der Waals surface area contributed by atoms with E-state index in [4.69, 9.17) is 0 Å². The number of aromatic nitrogens is 1. The molecule has 1 aliphatic heterocycles. The van der Waals surface area contributed by atoms with Gasteiger partial charge >= 0.3 is 0 Å². The predicted octanol–water partition coefficient (Wildman–Crippen LogP) is 3.27. The van der Waals surface area contributed by atoms with Gasteiger partial charge in [-0.25, -0.2) is 0 Å². The van der Waals surface area contributed by atoms with Gasteiger partial charge in [0.15, 0.2) is 0 Å². The van der Waals surface area contributed by atoms with Gasteiger partial charge in [-0.1, -0.05) is 72.0 Å². The molecule has 0 bridgehead atoms. The SMILES string of the molecule is O=c1/c(=C\c2ccc([N+](=O)[O-])cc2)sc2n1[C@H](c1ccccc1)C(c1ccccc1)=NN=2. The van der Waals surface area contributed by atoms with E-state index in [1.807, 2.05) is 60.7 Å². The molecule has 1 atom stereocenters. The monoisotopic (exact) mass is 440 g/mol. The molecule has 2 heterocycles. The summed E-state index contributed by atoms with van der Waals surface area (Å²) in [5.41, 5.74) is 3.06. The molecule has 32 heavy (non-hydrogen) atoms. The molecule has 0 radical (unpaired) electrons. The van der Waals surface area contributed by atoms with Crippen LogP contribution in [0.3, 0.4) is 0 Å². The third-order valence-corrected chi connectivity index (χ3v) is 6.16. The van der Waals surface area contributed by atoms with E-state index in [9.17, 15) is 14.9 Å². The Morgan fingerprint density at radius 3 is 2.22 bits per heavy atom. The highest BCUT2D eigenvalue weighted by Crippen LogP contribution is 2.24. The maximum Gasteiger partial charge on any atom is 0.271 e. The Hall–Kier alpha value is -4.17. The Morgan fingerprint density at radius 2 is 1.56 bits per heavy atom. The summed E-state index contributed by atoms with van der Waals surface area (Å²) >= 11 is 1.25. The third-order valence-electron chi connectivity index (χ3n) is 5.18. The molecular weight excluding hydrogens is 424 g/mol. The van der Waals surface area contributed by atoms with Gasteiger partial charge in [-0.2, -0.15) is 0 Å². The van der Waals surface area contributed by atoms with Crippen molar-refractivity contribution in [2.75, 3.05) is 0 Å². The van der Waals surface area contributed by atoms with Gasteiger partial charge in [0.1, 0.15) is 6.04 Å². The van der Waals surface area contributed by atoms with E-state index >= 15 is 0 Å². The fourth-order valence-electron chi connectivity index (χ4n) is 3.67. The Kier molecular flexibility index (Phi) is 5.04. The molecule has 0 saturated carbocycles. The van der Waals surface area contributed by atoms with Crippen molar-refractivity contribution in [2.24, 2.45) is 10.2 Å². The van der Waals surface area contributed by atoms with Crippen molar-refractivity contribution in [2.45, 2.75) is 6.04 Å². The molecule has 0 unspecified atom stereocenters. The minimum absolute atomic E-state index is 0.00407. The van der Waals surface area contributed by atoms with Gasteiger partial charge in [0, 0.05) is 17.7 Å². The van der Waals surface area contributed by atoms with Crippen molar-refractivity contribution >= 4 is 28.8 Å². The summed E-state index contributed by atoms with van der Waals surface area (Å²) < 4.78 is 2.16. The quantitative estimate of drug-likeness (QED) is 0.360. The zero-order chi connectivity index (χ0) is 22.1. The molecule has 4 aromatic rings. The average molecular weight is 440 g/mol. The van der Waals surface area contributed by atoms with Gasteiger partial charge < -0.3 is 0 Å². The van der Waals surface area contributed by atoms with Crippen molar-refractivity contribution in [3.63, 3.8) is 0 Å². The van der Waals surface area contributed by atoms with Gasteiger partial charge in [-0.15, -0.1) is 10.2 Å². The van der Waals surface area contributed by atoms with Gasteiger partial charge in [-0.05, 0) is 29.3 Å². The van der Waals surface area contributed by atoms with Crippen LogP contribution in [0.15, 0.2) is 99.9 Å². The summed E-state index contributed by atoms with van der Waals surface area (Å²) in [5, 5.41) is 19.7. The van der Waals surface area contributed by atoms with Gasteiger partial charge in [0.25, 0.3) is 11.2 Å². The average Bonchev–Trinajstić information content (AvgIpc) is 3.15. The molecule has 7 nitrogen and oxygen atoms in total. The first-order valence-electron chi connectivity index (χ1n) is 9.85. The molecular formula is C24H16N4O3S. The Labute approximate surface area is 186 Å². The molecule has 156 valence electrons. The van der Waals surface area contributed by atoms with Crippen molar-refractivity contribution in [1.82, 2.24) is 4.57 Å². The van der Waals surface area contributed by atoms with Crippen LogP contribution in [0.4, 0.5) is 5.69 Å². The smallest absolute Gasteiger partial charge is 0.268 e. The summed E-state index contributed by atoms with van der Waals surface area (Å²) in [7, 11) is 0. The number of fused-ring (bicyclic) bond motifs is 1. The molecule has 0 amide bonds. The highest BCUT2D eigenvalue weighted by atomic mass is 32.1. The fourth-order valence-corrected chi connectivity index (χ4v) is 4.61. The van der Waals surface area contributed by atoms with Gasteiger partial charge in [-0.3, -0.25) is 19.5 Å². The minimum Gasteiger partial charge on any atom is -0.268 e. The third kappa shape index (κ3) is 3.57. The molecule has 0 aliphatic carbocycles. The Balaban J connectivity index is 1.67. The number of non-ortho nitro benzene ring substituents is 1. The zero-order valence-electron chi connectivity index (χ0n) is 16.7. The number of nitrogens with zero attached hydrogens (tertiary/aromatic N) is 4. The normalized spacial score (nSPS) is 15.6. The van der Waals surface area contributed by atoms with Crippen molar-refractivity contribution in [3.8, 4) is 0 Å². The van der Waals surface area contributed by atoms with E-state index in [1.54, 1.807) is 22.8 Å². The molecule has 0 N–H and O–H groups in total. The lowest BCUT2D eigenvalue weighted by Gasteiger charge is -2.22. The standard InChI is InChI=1S/C24H16N4O3S/c29-23-20(15-16-11-13-19(14-12-16)28(30)31)32-24-26-25-21(17-7-3-1-4-8-17)22(27(23)24)18-9-5-2-6-10-18/h1-15,22H/b20-15+/t22-/m1/s1. The second-order valence-corrected chi connectivity index (χ2v) is 8.19. The molecule has 0 fully saturated rings. The van der Waals surface area contributed by atoms with Crippen molar-refractivity contribution in [1.29, 1.82) is 0 Å². The Morgan fingerprint density at radius 1 is 0.906 bits per heavy atom. The molecule has 8 heteroatoms. The van der Waals surface area contributed by atoms with Crippen molar-refractivity contribution < 1.29 is 4.92 Å². The molecule has 0 spiro atoms. The van der Waals surface area contributed by atoms with Gasteiger partial charge in [0.05, 0.1) is 15.2 Å². The largest absolute Gasteiger partial charge is 0.271 e. The van der Waals surface area contributed by atoms with E-state index < -0.39 is 11.0 Å². The summed E-state index contributed by atoms with van der Waals surface area (Å²) in [6.45, 7) is 0. The molecule has 3 aromatic carbocycles. The molecule has 0 saturated heterocycles. The number of nitro groups is 1. The molecule has 5 rings (SSSR count). The van der Waals surface area contributed by atoms with Crippen molar-refractivity contribution in [3.05, 3.63) is 131 Å². The highest BCUT2D eigenvalue weighted by molar-refractivity contribution is 7.07. The van der Waals surface area contributed by atoms with E-state index in [0.29, 0.717) is 20.6 Å². The first-order valence-corrected chi connectivity index (χ1v) is 10.7. The van der Waals surface area contributed by atoms with Crippen LogP contribution in [-0.4, -0.2) is 15.2 Å². The lowest BCUT2D eigenvalue weighted by atomic mass is 9.96. The second-order valence-electron chi connectivity index (χ2n) is 7.18. The van der Waals surface area contributed by atoms with E-state index in [2.05, 4.69) is 10.2 Å². The van der Waals surface area contributed by atoms with E-state index in [1.165, 1.54) is 23.5 Å². The summed E-state index contributed by atoms with van der Waals surface area (Å²) in [5.74, 6) is 0. The number of nitro benzene ring substituents is 1. The van der Waals surface area contributed by atoms with Crippen LogP contribution >= 0.6 is 11.3 Å². The topological polar surface area (TPSA) is 89.9 Å². The lowest BCUT2D eigenvalue weighted by molar-refractivity contribution is -0.384. The van der Waals surface area contributed by atoms with Crippen LogP contribution in [0, 0.1) is 10.1 Å². The van der Waals surface area contributed by atoms with E-state index in [0.717, 1.165) is 11.1 Å². The number of hydrogen-bond donors (Lipinski definition) is 0. The summed E-state index contributed by atoms with van der Waals surface area (Å²) in [4.78, 5) is 24.4. The highest BCUT2D eigenvalue weighted by Gasteiger charge is 2.28. The maximum atomic E-state index is 13.5. The first kappa shape index (κ1) is 19.8. The van der Waals surface area contributed by atoms with Crippen LogP contribution in [0.1, 0.15) is 22.7 Å². The van der Waals surface area contributed by atoms with Crippen LogP contribution in [0.25, 0.3) is 6.08 Å². The van der Waals surface area contributed by atoms with Crippen LogP contribution in [0.2, 0.25) is 0 Å². The number of rotatable bonds is 4. The summed E-state index contributed by atoms with van der Waals surface area (Å²) in [6.07, 6.45) is 1.72. The number of benzene rings is 3. The minimum atomic E-state index is -0.450. The van der Waals surface area contributed by atoms with Crippen LogP contribution < -0.4 is 14.9 Å². The molecule has 1 aliphatic rings. The van der Waals surface area contributed by atoms with Crippen LogP contribution in [0.5, 0.6) is 0 Å². The molecule has 1 aromatic heterocycles. The predicted molar refractivity (Wildman–Crippen MR) is 124 cm³/mol. The number of thiazole rings is 1. The number of hydrogen-bond acceptors (Lipinski definition) is 6. The lowest BCUT2D eigenvalue weighted by Crippen LogP contribution is -2.40.